The number of aromatic nitrogens is 2. The van der Waals surface area contributed by atoms with Crippen LogP contribution in [0.3, 0.4) is 0 Å². The van der Waals surface area contributed by atoms with Crippen LogP contribution in [0.2, 0.25) is 0 Å². The first-order chi connectivity index (χ1) is 8.74. The summed E-state index contributed by atoms with van der Waals surface area (Å²) in [6.45, 7) is 4.23. The molecule has 6 heteroatoms. The standard InChI is InChI=1S/C12H22N4O2/c1-3-4-9-18-10-5-7-13-12(17)15-11-6-8-14-16(11)2/h6,8H,3-5,7,9-10H2,1-2H3,(H2,13,15,17). The predicted octanol–water partition coefficient (Wildman–Crippen LogP) is 1.75. The molecule has 1 heterocycles. The number of rotatable bonds is 8. The highest BCUT2D eigenvalue weighted by atomic mass is 16.5. The van der Waals surface area contributed by atoms with Crippen LogP contribution in [0.4, 0.5) is 10.6 Å². The highest BCUT2D eigenvalue weighted by Gasteiger charge is 2.03. The number of anilines is 1. The SMILES string of the molecule is CCCCOCCCNC(=O)Nc1ccnn1C. The summed E-state index contributed by atoms with van der Waals surface area (Å²) in [5, 5.41) is 9.44. The van der Waals surface area contributed by atoms with Gasteiger partial charge in [0.1, 0.15) is 5.82 Å². The molecule has 0 saturated carbocycles. The Balaban J connectivity index is 2.02. The van der Waals surface area contributed by atoms with Crippen LogP contribution in [-0.2, 0) is 11.8 Å². The van der Waals surface area contributed by atoms with Crippen molar-refractivity contribution < 1.29 is 9.53 Å². The van der Waals surface area contributed by atoms with E-state index >= 15 is 0 Å². The largest absolute Gasteiger partial charge is 0.381 e. The van der Waals surface area contributed by atoms with Gasteiger partial charge in [0, 0.05) is 32.9 Å². The molecule has 0 aromatic carbocycles. The first kappa shape index (κ1) is 14.5. The Morgan fingerprint density at radius 2 is 2.22 bits per heavy atom. The number of carbonyl (C=O) groups excluding carboxylic acids is 1. The zero-order chi connectivity index (χ0) is 13.2. The van der Waals surface area contributed by atoms with E-state index < -0.39 is 0 Å². The molecule has 0 saturated heterocycles. The van der Waals surface area contributed by atoms with Crippen LogP contribution in [0.1, 0.15) is 26.2 Å². The van der Waals surface area contributed by atoms with Crippen molar-refractivity contribution in [3.05, 3.63) is 12.3 Å². The maximum atomic E-state index is 11.5. The van der Waals surface area contributed by atoms with Crippen molar-refractivity contribution in [2.45, 2.75) is 26.2 Å². The van der Waals surface area contributed by atoms with Gasteiger partial charge in [-0.2, -0.15) is 5.10 Å². The van der Waals surface area contributed by atoms with Gasteiger partial charge >= 0.3 is 6.03 Å². The molecule has 0 aliphatic heterocycles. The Bertz CT molecular complexity index is 352. The van der Waals surface area contributed by atoms with E-state index in [1.54, 1.807) is 24.0 Å². The molecular weight excluding hydrogens is 232 g/mol. The molecule has 2 N–H and O–H groups in total. The smallest absolute Gasteiger partial charge is 0.320 e. The molecule has 6 nitrogen and oxygen atoms in total. The fraction of sp³-hybridized carbons (Fsp3) is 0.667. The third-order valence-electron chi connectivity index (χ3n) is 2.46. The summed E-state index contributed by atoms with van der Waals surface area (Å²) >= 11 is 0. The number of hydrogen-bond donors (Lipinski definition) is 2. The maximum absolute atomic E-state index is 11.5. The molecule has 0 atom stereocenters. The van der Waals surface area contributed by atoms with Crippen LogP contribution in [-0.4, -0.2) is 35.6 Å². The average Bonchev–Trinajstić information content (AvgIpc) is 2.74. The highest BCUT2D eigenvalue weighted by Crippen LogP contribution is 2.02. The van der Waals surface area contributed by atoms with Crippen molar-refractivity contribution in [1.29, 1.82) is 0 Å². The second kappa shape index (κ2) is 8.52. The molecule has 1 aromatic rings. The summed E-state index contributed by atoms with van der Waals surface area (Å²) in [4.78, 5) is 11.5. The number of aryl methyl sites for hydroxylation is 1. The van der Waals surface area contributed by atoms with Gasteiger partial charge in [-0.15, -0.1) is 0 Å². The Kier molecular flexibility index (Phi) is 6.86. The molecule has 0 spiro atoms. The van der Waals surface area contributed by atoms with Crippen LogP contribution in [0, 0.1) is 0 Å². The first-order valence-corrected chi connectivity index (χ1v) is 6.34. The van der Waals surface area contributed by atoms with Gasteiger partial charge in [-0.3, -0.25) is 10.00 Å². The number of nitrogens with zero attached hydrogens (tertiary/aromatic N) is 2. The fourth-order valence-electron chi connectivity index (χ4n) is 1.38. The monoisotopic (exact) mass is 254 g/mol. The molecular formula is C12H22N4O2. The Morgan fingerprint density at radius 3 is 2.89 bits per heavy atom. The molecule has 0 aliphatic rings. The van der Waals surface area contributed by atoms with Crippen LogP contribution in [0.15, 0.2) is 12.3 Å². The Labute approximate surface area is 108 Å². The normalized spacial score (nSPS) is 10.3. The minimum absolute atomic E-state index is 0.216. The van der Waals surface area contributed by atoms with E-state index in [1.807, 2.05) is 0 Å². The van der Waals surface area contributed by atoms with Gasteiger partial charge in [0.05, 0.1) is 6.20 Å². The van der Waals surface area contributed by atoms with Crippen molar-refractivity contribution in [3.63, 3.8) is 0 Å². The fourth-order valence-corrected chi connectivity index (χ4v) is 1.38. The molecule has 0 unspecified atom stereocenters. The molecule has 0 radical (unpaired) electrons. The lowest BCUT2D eigenvalue weighted by atomic mass is 10.4. The minimum atomic E-state index is -0.216. The molecule has 0 bridgehead atoms. The number of urea groups is 1. The third-order valence-corrected chi connectivity index (χ3v) is 2.46. The molecule has 18 heavy (non-hydrogen) atoms. The highest BCUT2D eigenvalue weighted by molar-refractivity contribution is 5.88. The summed E-state index contributed by atoms with van der Waals surface area (Å²) in [6, 6.07) is 1.53. The van der Waals surface area contributed by atoms with Crippen molar-refractivity contribution in [3.8, 4) is 0 Å². The van der Waals surface area contributed by atoms with E-state index in [1.165, 1.54) is 0 Å². The van der Waals surface area contributed by atoms with E-state index in [9.17, 15) is 4.79 Å². The summed E-state index contributed by atoms with van der Waals surface area (Å²) in [6.07, 6.45) is 4.69. The lowest BCUT2D eigenvalue weighted by Gasteiger charge is -2.07. The number of unbranched alkanes of at least 4 members (excludes halogenated alkanes) is 1. The van der Waals surface area contributed by atoms with E-state index in [-0.39, 0.29) is 6.03 Å². The van der Waals surface area contributed by atoms with Crippen molar-refractivity contribution in [1.82, 2.24) is 15.1 Å². The molecule has 0 aliphatic carbocycles. The second-order valence-corrected chi connectivity index (χ2v) is 4.04. The van der Waals surface area contributed by atoms with Crippen LogP contribution >= 0.6 is 0 Å². The number of ether oxygens (including phenoxy) is 1. The molecule has 0 fully saturated rings. The first-order valence-electron chi connectivity index (χ1n) is 6.34. The second-order valence-electron chi connectivity index (χ2n) is 4.04. The van der Waals surface area contributed by atoms with Crippen molar-refractivity contribution >= 4 is 11.8 Å². The Morgan fingerprint density at radius 1 is 1.44 bits per heavy atom. The number of carbonyl (C=O) groups is 1. The number of amides is 2. The van der Waals surface area contributed by atoms with Crippen molar-refractivity contribution in [2.75, 3.05) is 25.1 Å². The minimum Gasteiger partial charge on any atom is -0.381 e. The molecule has 1 rings (SSSR count). The molecule has 1 aromatic heterocycles. The predicted molar refractivity (Wildman–Crippen MR) is 70.6 cm³/mol. The van der Waals surface area contributed by atoms with Crippen LogP contribution < -0.4 is 10.6 Å². The lowest BCUT2D eigenvalue weighted by Crippen LogP contribution is -2.30. The topological polar surface area (TPSA) is 68.2 Å². The zero-order valence-corrected chi connectivity index (χ0v) is 11.1. The lowest BCUT2D eigenvalue weighted by molar-refractivity contribution is 0.129. The van der Waals surface area contributed by atoms with Crippen LogP contribution in [0.25, 0.3) is 0 Å². The van der Waals surface area contributed by atoms with E-state index in [0.717, 1.165) is 25.9 Å². The van der Waals surface area contributed by atoms with E-state index in [0.29, 0.717) is 19.0 Å². The van der Waals surface area contributed by atoms with E-state index in [4.69, 9.17) is 4.74 Å². The van der Waals surface area contributed by atoms with Gasteiger partial charge in [0.15, 0.2) is 0 Å². The summed E-state index contributed by atoms with van der Waals surface area (Å²) in [7, 11) is 1.77. The van der Waals surface area contributed by atoms with Gasteiger partial charge in [0.2, 0.25) is 0 Å². The van der Waals surface area contributed by atoms with Crippen molar-refractivity contribution in [2.24, 2.45) is 7.05 Å². The molecule has 2 amide bonds. The van der Waals surface area contributed by atoms with E-state index in [2.05, 4.69) is 22.7 Å². The van der Waals surface area contributed by atoms with Gasteiger partial charge in [0.25, 0.3) is 0 Å². The quantitative estimate of drug-likeness (QED) is 0.694. The van der Waals surface area contributed by atoms with Gasteiger partial charge in [-0.25, -0.2) is 4.79 Å². The number of nitrogens with one attached hydrogen (secondary N) is 2. The maximum Gasteiger partial charge on any atom is 0.320 e. The summed E-state index contributed by atoms with van der Waals surface area (Å²) in [5.74, 6) is 0.673. The van der Waals surface area contributed by atoms with Crippen LogP contribution in [0.5, 0.6) is 0 Å². The zero-order valence-electron chi connectivity index (χ0n) is 11.1. The third kappa shape index (κ3) is 5.67. The summed E-state index contributed by atoms with van der Waals surface area (Å²) < 4.78 is 7.00. The number of hydrogen-bond acceptors (Lipinski definition) is 3. The Hall–Kier alpha value is -1.56. The van der Waals surface area contributed by atoms with Gasteiger partial charge in [-0.1, -0.05) is 13.3 Å². The van der Waals surface area contributed by atoms with Gasteiger partial charge in [-0.05, 0) is 12.8 Å². The average molecular weight is 254 g/mol. The summed E-state index contributed by atoms with van der Waals surface area (Å²) in [5.41, 5.74) is 0. The van der Waals surface area contributed by atoms with Gasteiger partial charge < -0.3 is 10.1 Å². The molecule has 102 valence electrons.